The number of thiophene rings is 3. The lowest BCUT2D eigenvalue weighted by atomic mass is 9.73. The lowest BCUT2D eigenvalue weighted by Gasteiger charge is -2.36. The lowest BCUT2D eigenvalue weighted by molar-refractivity contribution is 0.114. The summed E-state index contributed by atoms with van der Waals surface area (Å²) in [6.45, 7) is 21.8. The number of nitriles is 5. The number of hydrogen-bond donors (Lipinski definition) is 0. The second-order valence-corrected chi connectivity index (χ2v) is 20.5. The van der Waals surface area contributed by atoms with Gasteiger partial charge in [-0.25, -0.2) is 0 Å². The minimum Gasteiger partial charge on any atom is -0.492 e. The smallest absolute Gasteiger partial charge is 0.120 e. The van der Waals surface area contributed by atoms with E-state index in [1.807, 2.05) is 30.3 Å². The maximum Gasteiger partial charge on any atom is 0.120 e. The summed E-state index contributed by atoms with van der Waals surface area (Å²) in [5, 5.41) is 49.2. The van der Waals surface area contributed by atoms with Crippen molar-refractivity contribution in [1.82, 2.24) is 19.6 Å². The zero-order valence-electron chi connectivity index (χ0n) is 37.6. The molecule has 0 spiro atoms. The summed E-state index contributed by atoms with van der Waals surface area (Å²) < 4.78 is 5.81. The third-order valence-corrected chi connectivity index (χ3v) is 16.1. The highest BCUT2D eigenvalue weighted by Gasteiger charge is 2.38. The van der Waals surface area contributed by atoms with Crippen LogP contribution in [-0.4, -0.2) is 105 Å². The van der Waals surface area contributed by atoms with Crippen molar-refractivity contribution in [3.63, 3.8) is 0 Å². The molecule has 0 bridgehead atoms. The molecule has 0 amide bonds. The molecular weight excluding hydrogens is 839 g/mol. The van der Waals surface area contributed by atoms with E-state index in [2.05, 4.69) is 101 Å². The van der Waals surface area contributed by atoms with Gasteiger partial charge in [-0.05, 0) is 124 Å². The van der Waals surface area contributed by atoms with Gasteiger partial charge in [0.05, 0.1) is 34.6 Å². The van der Waals surface area contributed by atoms with E-state index < -0.39 is 5.41 Å². The molecule has 332 valence electrons. The first-order chi connectivity index (χ1) is 30.6. The Labute approximate surface area is 388 Å². The summed E-state index contributed by atoms with van der Waals surface area (Å²) in [5.74, 6) is 1.28. The maximum atomic E-state index is 10.1. The minimum absolute atomic E-state index is 0.210. The van der Waals surface area contributed by atoms with Crippen molar-refractivity contribution in [2.45, 2.75) is 77.0 Å². The Kier molecular flexibility index (Phi) is 19.6. The maximum absolute atomic E-state index is 10.1. The van der Waals surface area contributed by atoms with Gasteiger partial charge in [0.15, 0.2) is 0 Å². The number of aryl methyl sites for hydroxylation is 1. The third kappa shape index (κ3) is 13.9. The van der Waals surface area contributed by atoms with Crippen LogP contribution in [-0.2, 0) is 17.3 Å². The summed E-state index contributed by atoms with van der Waals surface area (Å²) in [6, 6.07) is 31.1. The summed E-state index contributed by atoms with van der Waals surface area (Å²) >= 11 is 4.78. The highest BCUT2D eigenvalue weighted by Crippen LogP contribution is 2.41. The normalized spacial score (nSPS) is 17.0. The molecule has 2 unspecified atom stereocenters. The SMILES string of the molecule is CC(C)C(C#N)(CCCN1CCN(CCCc2ccc(C#N)s2)CC1)c1ccc(C#N)s1.CC(C)C(C#N)(CCCN1CCN(CCOc2cccc(C#N)c2)CC1)c1cccs1. The molecule has 5 heterocycles. The fourth-order valence-electron chi connectivity index (χ4n) is 8.68. The zero-order valence-corrected chi connectivity index (χ0v) is 40.0. The van der Waals surface area contributed by atoms with Gasteiger partial charge < -0.3 is 19.4 Å². The van der Waals surface area contributed by atoms with Crippen LogP contribution in [0.15, 0.2) is 66.0 Å². The second-order valence-electron chi connectivity index (χ2n) is 17.3. The second kappa shape index (κ2) is 25.0. The zero-order chi connectivity index (χ0) is 45.1. The Morgan fingerprint density at radius 2 is 1.13 bits per heavy atom. The topological polar surface area (TPSA) is 141 Å². The highest BCUT2D eigenvalue weighted by molar-refractivity contribution is 7.13. The molecule has 2 fully saturated rings. The fourth-order valence-corrected chi connectivity index (χ4v) is 11.7. The average Bonchev–Trinajstić information content (AvgIpc) is 4.12. The monoisotopic (exact) mass is 901 g/mol. The largest absolute Gasteiger partial charge is 0.492 e. The number of piperazine rings is 2. The minimum atomic E-state index is -0.505. The first kappa shape index (κ1) is 49.4. The molecule has 6 rings (SSSR count). The molecule has 1 aromatic carbocycles. The van der Waals surface area contributed by atoms with E-state index in [-0.39, 0.29) is 11.3 Å². The molecule has 2 aliphatic heterocycles. The van der Waals surface area contributed by atoms with E-state index in [4.69, 9.17) is 15.3 Å². The van der Waals surface area contributed by atoms with Crippen LogP contribution in [0.4, 0.5) is 0 Å². The van der Waals surface area contributed by atoms with Crippen LogP contribution in [0.5, 0.6) is 5.75 Å². The van der Waals surface area contributed by atoms with Crippen molar-refractivity contribution < 1.29 is 4.74 Å². The van der Waals surface area contributed by atoms with E-state index in [0.717, 1.165) is 133 Å². The molecule has 13 heteroatoms. The molecular formula is C50H63N9OS3. The average molecular weight is 902 g/mol. The van der Waals surface area contributed by atoms with Crippen molar-refractivity contribution in [3.05, 3.63) is 96.0 Å². The molecule has 2 aliphatic rings. The van der Waals surface area contributed by atoms with Gasteiger partial charge in [0, 0.05) is 73.5 Å². The lowest BCUT2D eigenvalue weighted by Crippen LogP contribution is -2.47. The van der Waals surface area contributed by atoms with Crippen LogP contribution < -0.4 is 4.74 Å². The van der Waals surface area contributed by atoms with Gasteiger partial charge in [0.2, 0.25) is 0 Å². The number of rotatable bonds is 20. The Bertz CT molecular complexity index is 2200. The van der Waals surface area contributed by atoms with Gasteiger partial charge in [0.1, 0.15) is 34.2 Å². The highest BCUT2D eigenvalue weighted by atomic mass is 32.1. The predicted molar refractivity (Wildman–Crippen MR) is 256 cm³/mol. The predicted octanol–water partition coefficient (Wildman–Crippen LogP) is 9.51. The molecule has 63 heavy (non-hydrogen) atoms. The van der Waals surface area contributed by atoms with Crippen molar-refractivity contribution >= 4 is 34.0 Å². The molecule has 4 aromatic rings. The first-order valence-electron chi connectivity index (χ1n) is 22.5. The van der Waals surface area contributed by atoms with Crippen LogP contribution in [0, 0.1) is 68.5 Å². The van der Waals surface area contributed by atoms with Gasteiger partial charge in [-0.3, -0.25) is 4.90 Å². The Morgan fingerprint density at radius 1 is 0.587 bits per heavy atom. The van der Waals surface area contributed by atoms with Gasteiger partial charge in [-0.2, -0.15) is 26.3 Å². The molecule has 0 radical (unpaired) electrons. The van der Waals surface area contributed by atoms with E-state index in [0.29, 0.717) is 23.0 Å². The molecule has 2 saturated heterocycles. The molecule has 3 aromatic heterocycles. The molecule has 0 aliphatic carbocycles. The Hall–Kier alpha value is -4.59. The van der Waals surface area contributed by atoms with E-state index in [1.165, 1.54) is 21.1 Å². The Morgan fingerprint density at radius 3 is 1.62 bits per heavy atom. The quantitative estimate of drug-likeness (QED) is 0.0842. The number of ether oxygens (including phenoxy) is 1. The standard InChI is InChI=1S/C25H31N5S2.C25H32N4OS/c1-20(2)25(19-28,24-9-8-23(18-27)32-24)10-4-12-30-15-13-29(14-16-30)11-3-5-21-6-7-22(17-26)31-21;1-21(2)25(20-27,24-8-4-17-31-24)9-5-10-28-11-13-29(14-12-28)15-16-30-23-7-3-6-22(18-23)19-26/h6-9,20H,3-5,10-16H2,1-2H3;3-4,6-8,17-18,21H,5,9-16H2,1-2H3. The Balaban J connectivity index is 0.000000238. The number of hydrogen-bond acceptors (Lipinski definition) is 13. The van der Waals surface area contributed by atoms with Gasteiger partial charge in [0.25, 0.3) is 0 Å². The summed E-state index contributed by atoms with van der Waals surface area (Å²) in [5.41, 5.74) is -0.242. The van der Waals surface area contributed by atoms with E-state index >= 15 is 0 Å². The van der Waals surface area contributed by atoms with E-state index in [1.54, 1.807) is 34.8 Å². The van der Waals surface area contributed by atoms with Gasteiger partial charge >= 0.3 is 0 Å². The number of benzene rings is 1. The van der Waals surface area contributed by atoms with E-state index in [9.17, 15) is 15.8 Å². The molecule has 0 saturated carbocycles. The van der Waals surface area contributed by atoms with Crippen LogP contribution >= 0.6 is 34.0 Å². The summed E-state index contributed by atoms with van der Waals surface area (Å²) in [6.07, 6.45) is 5.97. The van der Waals surface area contributed by atoms with Crippen molar-refractivity contribution in [2.75, 3.05) is 85.1 Å². The van der Waals surface area contributed by atoms with Crippen LogP contribution in [0.1, 0.15) is 89.7 Å². The molecule has 0 N–H and O–H groups in total. The van der Waals surface area contributed by atoms with Crippen molar-refractivity contribution in [2.24, 2.45) is 11.8 Å². The molecule has 2 atom stereocenters. The summed E-state index contributed by atoms with van der Waals surface area (Å²) in [7, 11) is 0. The van der Waals surface area contributed by atoms with Crippen molar-refractivity contribution in [1.29, 1.82) is 26.3 Å². The fraction of sp³-hybridized carbons (Fsp3) is 0.540. The van der Waals surface area contributed by atoms with Crippen LogP contribution in [0.25, 0.3) is 0 Å². The van der Waals surface area contributed by atoms with Gasteiger partial charge in [-0.1, -0.05) is 39.8 Å². The van der Waals surface area contributed by atoms with Crippen LogP contribution in [0.2, 0.25) is 0 Å². The third-order valence-electron chi connectivity index (χ3n) is 12.8. The van der Waals surface area contributed by atoms with Gasteiger partial charge in [-0.15, -0.1) is 34.0 Å². The van der Waals surface area contributed by atoms with Crippen LogP contribution in [0.3, 0.4) is 0 Å². The molecule has 10 nitrogen and oxygen atoms in total. The summed E-state index contributed by atoms with van der Waals surface area (Å²) in [4.78, 5) is 15.0. The van der Waals surface area contributed by atoms with Crippen molar-refractivity contribution in [3.8, 4) is 36.1 Å². The number of nitrogens with zero attached hydrogens (tertiary/aromatic N) is 9. The first-order valence-corrected chi connectivity index (χ1v) is 25.0.